The summed E-state index contributed by atoms with van der Waals surface area (Å²) in [5.74, 6) is 0.585. The molecule has 3 aromatic carbocycles. The van der Waals surface area contributed by atoms with Crippen LogP contribution in [0.2, 0.25) is 5.02 Å². The predicted octanol–water partition coefficient (Wildman–Crippen LogP) is 5.11. The number of methoxy groups -OCH3 is 1. The van der Waals surface area contributed by atoms with Crippen molar-refractivity contribution >= 4 is 40.7 Å². The van der Waals surface area contributed by atoms with E-state index < -0.39 is 12.0 Å². The highest BCUT2D eigenvalue weighted by atomic mass is 35.5. The molecule has 10 heteroatoms. The Hall–Kier alpha value is -4.34. The molecular formula is C33H32ClN3O5S. The molecule has 0 radical (unpaired) electrons. The van der Waals surface area contributed by atoms with Gasteiger partial charge in [-0.1, -0.05) is 59.3 Å². The van der Waals surface area contributed by atoms with Crippen molar-refractivity contribution in [1.82, 2.24) is 4.57 Å². The fraction of sp³-hybridized carbons (Fsp3) is 0.242. The highest BCUT2D eigenvalue weighted by molar-refractivity contribution is 7.07. The fourth-order valence-corrected chi connectivity index (χ4v) is 6.11. The van der Waals surface area contributed by atoms with Crippen LogP contribution in [0.5, 0.6) is 11.5 Å². The lowest BCUT2D eigenvalue weighted by Crippen LogP contribution is -2.39. The van der Waals surface area contributed by atoms with E-state index in [4.69, 9.17) is 25.8 Å². The van der Waals surface area contributed by atoms with Crippen LogP contribution in [0, 0.1) is 0 Å². The second-order valence-corrected chi connectivity index (χ2v) is 11.5. The molecule has 2 heterocycles. The summed E-state index contributed by atoms with van der Waals surface area (Å²) >= 11 is 7.54. The molecule has 5 rings (SSSR count). The number of esters is 1. The first-order chi connectivity index (χ1) is 20.7. The summed E-state index contributed by atoms with van der Waals surface area (Å²) in [7, 11) is 5.48. The van der Waals surface area contributed by atoms with Crippen molar-refractivity contribution in [3.8, 4) is 11.5 Å². The summed E-state index contributed by atoms with van der Waals surface area (Å²) in [4.78, 5) is 34.3. The largest absolute Gasteiger partial charge is 0.493 e. The maximum atomic E-state index is 14.0. The molecule has 0 aliphatic carbocycles. The molecule has 0 bridgehead atoms. The van der Waals surface area contributed by atoms with Crippen LogP contribution in [0.3, 0.4) is 0 Å². The zero-order valence-corrected chi connectivity index (χ0v) is 26.2. The SMILES string of the molecule is CCOC(=O)C1=C(C)N=c2s/c(=C\c3ccc(OCc4ccccc4Cl)c(OC)c3)c(=O)n2[C@@H]1c1ccc(N(C)C)cc1. The van der Waals surface area contributed by atoms with E-state index >= 15 is 0 Å². The van der Waals surface area contributed by atoms with E-state index in [-0.39, 0.29) is 18.8 Å². The standard InChI is InChI=1S/C33H32ClN3O5S/c1-6-41-32(39)29-20(2)35-33-37(30(29)22-12-14-24(15-13-22)36(3)4)31(38)28(43-33)18-21-11-16-26(27(17-21)40-5)42-19-23-9-7-8-10-25(23)34/h7-18,30H,6,19H2,1-5H3/b28-18-/t30-/m1/s1. The molecule has 0 amide bonds. The molecule has 4 aromatic rings. The molecule has 1 aliphatic heterocycles. The number of nitrogens with zero attached hydrogens (tertiary/aromatic N) is 3. The van der Waals surface area contributed by atoms with Gasteiger partial charge in [0.15, 0.2) is 16.3 Å². The van der Waals surface area contributed by atoms with Crippen LogP contribution in [0.4, 0.5) is 5.69 Å². The van der Waals surface area contributed by atoms with E-state index in [0.29, 0.717) is 37.1 Å². The number of fused-ring (bicyclic) bond motifs is 1. The molecule has 43 heavy (non-hydrogen) atoms. The Labute approximate surface area is 258 Å². The second kappa shape index (κ2) is 12.9. The lowest BCUT2D eigenvalue weighted by Gasteiger charge is -2.25. The monoisotopic (exact) mass is 617 g/mol. The Bertz CT molecular complexity index is 1880. The van der Waals surface area contributed by atoms with Gasteiger partial charge in [-0.25, -0.2) is 9.79 Å². The summed E-state index contributed by atoms with van der Waals surface area (Å²) in [6.07, 6.45) is 1.79. The topological polar surface area (TPSA) is 82.4 Å². The van der Waals surface area contributed by atoms with E-state index in [1.807, 2.05) is 79.7 Å². The Morgan fingerprint density at radius 3 is 2.51 bits per heavy atom. The molecule has 0 N–H and O–H groups in total. The van der Waals surface area contributed by atoms with Crippen molar-refractivity contribution < 1.29 is 19.0 Å². The van der Waals surface area contributed by atoms with Crippen LogP contribution >= 0.6 is 22.9 Å². The van der Waals surface area contributed by atoms with E-state index in [9.17, 15) is 9.59 Å². The molecule has 1 aromatic heterocycles. The predicted molar refractivity (Wildman–Crippen MR) is 170 cm³/mol. The molecular weight excluding hydrogens is 586 g/mol. The van der Waals surface area contributed by atoms with E-state index in [0.717, 1.165) is 22.4 Å². The summed E-state index contributed by atoms with van der Waals surface area (Å²) in [6, 6.07) is 20.1. The van der Waals surface area contributed by atoms with Crippen molar-refractivity contribution in [2.24, 2.45) is 4.99 Å². The molecule has 0 fully saturated rings. The molecule has 0 spiro atoms. The molecule has 0 unspecified atom stereocenters. The minimum atomic E-state index is -0.677. The third kappa shape index (κ3) is 6.23. The normalized spacial score (nSPS) is 14.7. The van der Waals surface area contributed by atoms with Gasteiger partial charge < -0.3 is 19.1 Å². The number of carbonyl (C=O) groups is 1. The van der Waals surface area contributed by atoms with Gasteiger partial charge in [0, 0.05) is 30.4 Å². The van der Waals surface area contributed by atoms with Gasteiger partial charge in [-0.3, -0.25) is 9.36 Å². The number of anilines is 1. The van der Waals surface area contributed by atoms with Gasteiger partial charge in [0.1, 0.15) is 6.61 Å². The van der Waals surface area contributed by atoms with E-state index in [1.165, 1.54) is 11.3 Å². The lowest BCUT2D eigenvalue weighted by molar-refractivity contribution is -0.139. The molecule has 0 saturated carbocycles. The first kappa shape index (κ1) is 30.1. The summed E-state index contributed by atoms with van der Waals surface area (Å²) < 4.78 is 19.0. The third-order valence-electron chi connectivity index (χ3n) is 7.07. The van der Waals surface area contributed by atoms with Crippen molar-refractivity contribution in [3.63, 3.8) is 0 Å². The summed E-state index contributed by atoms with van der Waals surface area (Å²) in [5, 5.41) is 0.627. The molecule has 1 atom stereocenters. The number of carbonyl (C=O) groups excluding carboxylic acids is 1. The van der Waals surface area contributed by atoms with Crippen molar-refractivity contribution in [2.45, 2.75) is 26.5 Å². The van der Waals surface area contributed by atoms with Crippen LogP contribution in [0.15, 0.2) is 87.8 Å². The van der Waals surface area contributed by atoms with Gasteiger partial charge in [0.25, 0.3) is 5.56 Å². The Balaban J connectivity index is 1.55. The number of allylic oxidation sites excluding steroid dienone is 1. The van der Waals surface area contributed by atoms with E-state index in [1.54, 1.807) is 37.7 Å². The average Bonchev–Trinajstić information content (AvgIpc) is 3.30. The second-order valence-electron chi connectivity index (χ2n) is 10.1. The molecule has 8 nitrogen and oxygen atoms in total. The van der Waals surface area contributed by atoms with Crippen molar-refractivity contribution in [2.75, 3.05) is 32.7 Å². The highest BCUT2D eigenvalue weighted by Gasteiger charge is 2.33. The Kier molecular flexibility index (Phi) is 9.03. The number of rotatable bonds is 9. The highest BCUT2D eigenvalue weighted by Crippen LogP contribution is 2.32. The number of ether oxygens (including phenoxy) is 3. The van der Waals surface area contributed by atoms with Crippen molar-refractivity contribution in [1.29, 1.82) is 0 Å². The van der Waals surface area contributed by atoms with Gasteiger partial charge >= 0.3 is 5.97 Å². The number of aromatic nitrogens is 1. The van der Waals surface area contributed by atoms with Gasteiger partial charge in [-0.2, -0.15) is 0 Å². The number of halogens is 1. The number of thiazole rings is 1. The molecule has 1 aliphatic rings. The molecule has 222 valence electrons. The molecule has 0 saturated heterocycles. The maximum absolute atomic E-state index is 14.0. The maximum Gasteiger partial charge on any atom is 0.338 e. The summed E-state index contributed by atoms with van der Waals surface area (Å²) in [5.41, 5.74) is 4.02. The number of hydrogen-bond donors (Lipinski definition) is 0. The first-order valence-corrected chi connectivity index (χ1v) is 14.9. The van der Waals surface area contributed by atoms with Crippen molar-refractivity contribution in [3.05, 3.63) is 119 Å². The van der Waals surface area contributed by atoms with Crippen LogP contribution in [-0.4, -0.2) is 38.3 Å². The zero-order chi connectivity index (χ0) is 30.7. The minimum Gasteiger partial charge on any atom is -0.493 e. The lowest BCUT2D eigenvalue weighted by atomic mass is 9.95. The zero-order valence-electron chi connectivity index (χ0n) is 24.6. The van der Waals surface area contributed by atoms with Crippen LogP contribution < -0.4 is 29.3 Å². The van der Waals surface area contributed by atoms with Crippen LogP contribution in [0.25, 0.3) is 6.08 Å². The van der Waals surface area contributed by atoms with Gasteiger partial charge in [0.2, 0.25) is 0 Å². The third-order valence-corrected chi connectivity index (χ3v) is 8.42. The average molecular weight is 618 g/mol. The Morgan fingerprint density at radius 1 is 1.09 bits per heavy atom. The van der Waals surface area contributed by atoms with E-state index in [2.05, 4.69) is 4.99 Å². The number of benzene rings is 3. The minimum absolute atomic E-state index is 0.215. The van der Waals surface area contributed by atoms with Crippen LogP contribution in [0.1, 0.15) is 36.6 Å². The quantitative estimate of drug-likeness (QED) is 0.243. The Morgan fingerprint density at radius 2 is 1.84 bits per heavy atom. The summed E-state index contributed by atoms with van der Waals surface area (Å²) in [6.45, 7) is 4.03. The van der Waals surface area contributed by atoms with Gasteiger partial charge in [-0.05, 0) is 61.4 Å². The van der Waals surface area contributed by atoms with Gasteiger partial charge in [-0.15, -0.1) is 0 Å². The number of hydrogen-bond acceptors (Lipinski definition) is 8. The van der Waals surface area contributed by atoms with Gasteiger partial charge in [0.05, 0.1) is 35.6 Å². The van der Waals surface area contributed by atoms with Crippen LogP contribution in [-0.2, 0) is 16.1 Å². The first-order valence-electron chi connectivity index (χ1n) is 13.7. The smallest absolute Gasteiger partial charge is 0.338 e. The fourth-order valence-electron chi connectivity index (χ4n) is 4.88.